The smallest absolute Gasteiger partial charge is 0.126 e. The van der Waals surface area contributed by atoms with Gasteiger partial charge in [0.15, 0.2) is 0 Å². The first-order valence-electron chi connectivity index (χ1n) is 6.79. The molecule has 0 aromatic heterocycles. The minimum Gasteiger partial charge on any atom is -0.486 e. The van der Waals surface area contributed by atoms with Crippen LogP contribution in [0, 0.1) is 19.7 Å². The Morgan fingerprint density at radius 2 is 1.95 bits per heavy atom. The van der Waals surface area contributed by atoms with Crippen LogP contribution in [0.25, 0.3) is 0 Å². The monoisotopic (exact) mass is 273 g/mol. The van der Waals surface area contributed by atoms with Gasteiger partial charge in [0.05, 0.1) is 0 Å². The first-order valence-corrected chi connectivity index (χ1v) is 6.79. The molecule has 0 saturated carbocycles. The maximum absolute atomic E-state index is 13.4. The molecule has 0 bridgehead atoms. The Hall–Kier alpha value is -1.87. The average Bonchev–Trinajstić information content (AvgIpc) is 2.41. The SMILES string of the molecule is Cc1cccc(OC(CCN)c2ccc(F)c(C)c2)c1. The predicted molar refractivity (Wildman–Crippen MR) is 79.4 cm³/mol. The highest BCUT2D eigenvalue weighted by Gasteiger charge is 2.14. The number of hydrogen-bond acceptors (Lipinski definition) is 2. The Balaban J connectivity index is 2.24. The van der Waals surface area contributed by atoms with Crippen molar-refractivity contribution in [3.63, 3.8) is 0 Å². The fourth-order valence-corrected chi connectivity index (χ4v) is 2.17. The Bertz CT molecular complexity index is 583. The molecular weight excluding hydrogens is 253 g/mol. The summed E-state index contributed by atoms with van der Waals surface area (Å²) in [7, 11) is 0. The van der Waals surface area contributed by atoms with E-state index < -0.39 is 0 Å². The van der Waals surface area contributed by atoms with Crippen LogP contribution in [0.2, 0.25) is 0 Å². The van der Waals surface area contributed by atoms with E-state index in [1.165, 1.54) is 6.07 Å². The second-order valence-electron chi connectivity index (χ2n) is 5.01. The quantitative estimate of drug-likeness (QED) is 0.896. The van der Waals surface area contributed by atoms with Gasteiger partial charge in [0.2, 0.25) is 0 Å². The van der Waals surface area contributed by atoms with Gasteiger partial charge in [-0.2, -0.15) is 0 Å². The summed E-state index contributed by atoms with van der Waals surface area (Å²) in [6, 6.07) is 13.0. The van der Waals surface area contributed by atoms with Crippen molar-refractivity contribution in [1.82, 2.24) is 0 Å². The molecule has 0 aliphatic heterocycles. The fourth-order valence-electron chi connectivity index (χ4n) is 2.17. The van der Waals surface area contributed by atoms with E-state index in [0.29, 0.717) is 18.5 Å². The summed E-state index contributed by atoms with van der Waals surface area (Å²) in [5.41, 5.74) is 8.38. The van der Waals surface area contributed by atoms with E-state index in [-0.39, 0.29) is 11.9 Å². The highest BCUT2D eigenvalue weighted by atomic mass is 19.1. The molecule has 1 atom stereocenters. The third-order valence-corrected chi connectivity index (χ3v) is 3.25. The third kappa shape index (κ3) is 3.58. The average molecular weight is 273 g/mol. The molecule has 0 aliphatic carbocycles. The standard InChI is InChI=1S/C17H20FNO/c1-12-4-3-5-15(10-12)20-17(8-9-19)14-6-7-16(18)13(2)11-14/h3-7,10-11,17H,8-9,19H2,1-2H3. The van der Waals surface area contributed by atoms with Gasteiger partial charge in [-0.25, -0.2) is 4.39 Å². The number of halogens is 1. The van der Waals surface area contributed by atoms with Gasteiger partial charge in [0, 0.05) is 6.42 Å². The molecule has 3 heteroatoms. The van der Waals surface area contributed by atoms with Crippen LogP contribution in [-0.4, -0.2) is 6.54 Å². The van der Waals surface area contributed by atoms with Gasteiger partial charge in [0.25, 0.3) is 0 Å². The summed E-state index contributed by atoms with van der Waals surface area (Å²) in [6.45, 7) is 4.30. The lowest BCUT2D eigenvalue weighted by atomic mass is 10.0. The second kappa shape index (κ2) is 6.53. The van der Waals surface area contributed by atoms with E-state index in [9.17, 15) is 4.39 Å². The summed E-state index contributed by atoms with van der Waals surface area (Å²) in [5, 5.41) is 0. The molecule has 106 valence electrons. The first-order chi connectivity index (χ1) is 9.60. The van der Waals surface area contributed by atoms with Crippen molar-refractivity contribution >= 4 is 0 Å². The minimum absolute atomic E-state index is 0.152. The molecular formula is C17H20FNO. The number of nitrogens with two attached hydrogens (primary N) is 1. The molecule has 2 rings (SSSR count). The Labute approximate surface area is 119 Å². The number of rotatable bonds is 5. The summed E-state index contributed by atoms with van der Waals surface area (Å²) >= 11 is 0. The van der Waals surface area contributed by atoms with E-state index in [4.69, 9.17) is 10.5 Å². The van der Waals surface area contributed by atoms with Crippen LogP contribution in [0.15, 0.2) is 42.5 Å². The highest BCUT2D eigenvalue weighted by Crippen LogP contribution is 2.26. The lowest BCUT2D eigenvalue weighted by molar-refractivity contribution is 0.197. The van der Waals surface area contributed by atoms with E-state index in [0.717, 1.165) is 16.9 Å². The van der Waals surface area contributed by atoms with Crippen molar-refractivity contribution < 1.29 is 9.13 Å². The zero-order valence-corrected chi connectivity index (χ0v) is 11.9. The Kier molecular flexibility index (Phi) is 4.74. The van der Waals surface area contributed by atoms with Crippen molar-refractivity contribution in [2.45, 2.75) is 26.4 Å². The number of aryl methyl sites for hydroxylation is 2. The molecule has 20 heavy (non-hydrogen) atoms. The van der Waals surface area contributed by atoms with Crippen LogP contribution in [0.5, 0.6) is 5.75 Å². The van der Waals surface area contributed by atoms with Crippen molar-refractivity contribution in [3.8, 4) is 5.75 Å². The van der Waals surface area contributed by atoms with Crippen molar-refractivity contribution in [1.29, 1.82) is 0 Å². The second-order valence-corrected chi connectivity index (χ2v) is 5.01. The molecule has 2 nitrogen and oxygen atoms in total. The molecule has 0 amide bonds. The van der Waals surface area contributed by atoms with E-state index >= 15 is 0 Å². The topological polar surface area (TPSA) is 35.2 Å². The van der Waals surface area contributed by atoms with Gasteiger partial charge in [-0.05, 0) is 61.3 Å². The van der Waals surface area contributed by atoms with E-state index in [1.54, 1.807) is 13.0 Å². The largest absolute Gasteiger partial charge is 0.486 e. The Morgan fingerprint density at radius 3 is 2.60 bits per heavy atom. The summed E-state index contributed by atoms with van der Waals surface area (Å²) in [5.74, 6) is 0.612. The van der Waals surface area contributed by atoms with E-state index in [2.05, 4.69) is 0 Å². The summed E-state index contributed by atoms with van der Waals surface area (Å²) in [6.07, 6.45) is 0.542. The van der Waals surface area contributed by atoms with Gasteiger partial charge in [-0.1, -0.05) is 18.2 Å². The van der Waals surface area contributed by atoms with Gasteiger partial charge in [0.1, 0.15) is 17.7 Å². The molecule has 0 radical (unpaired) electrons. The van der Waals surface area contributed by atoms with Gasteiger partial charge >= 0.3 is 0 Å². The molecule has 2 N–H and O–H groups in total. The minimum atomic E-state index is -0.198. The zero-order valence-electron chi connectivity index (χ0n) is 11.9. The van der Waals surface area contributed by atoms with Crippen molar-refractivity contribution in [2.75, 3.05) is 6.54 Å². The molecule has 1 unspecified atom stereocenters. The number of benzene rings is 2. The zero-order chi connectivity index (χ0) is 14.5. The summed E-state index contributed by atoms with van der Waals surface area (Å²) < 4.78 is 19.4. The number of hydrogen-bond donors (Lipinski definition) is 1. The van der Waals surface area contributed by atoms with Gasteiger partial charge < -0.3 is 10.5 Å². The molecule has 2 aromatic rings. The highest BCUT2D eigenvalue weighted by molar-refractivity contribution is 5.30. The molecule has 0 heterocycles. The van der Waals surface area contributed by atoms with Crippen LogP contribution in [0.3, 0.4) is 0 Å². The lowest BCUT2D eigenvalue weighted by Gasteiger charge is -2.20. The number of ether oxygens (including phenoxy) is 1. The van der Waals surface area contributed by atoms with Crippen LogP contribution in [0.4, 0.5) is 4.39 Å². The normalized spacial score (nSPS) is 12.2. The fraction of sp³-hybridized carbons (Fsp3) is 0.294. The third-order valence-electron chi connectivity index (χ3n) is 3.25. The van der Waals surface area contributed by atoms with E-state index in [1.807, 2.05) is 37.3 Å². The van der Waals surface area contributed by atoms with Crippen molar-refractivity contribution in [2.24, 2.45) is 5.73 Å². The Morgan fingerprint density at radius 1 is 1.15 bits per heavy atom. The molecule has 0 aliphatic rings. The lowest BCUT2D eigenvalue weighted by Crippen LogP contribution is -2.13. The molecule has 0 spiro atoms. The van der Waals surface area contributed by atoms with Crippen LogP contribution in [-0.2, 0) is 0 Å². The maximum atomic E-state index is 13.4. The molecule has 0 saturated heterocycles. The molecule has 0 fully saturated rings. The van der Waals surface area contributed by atoms with Crippen LogP contribution >= 0.6 is 0 Å². The van der Waals surface area contributed by atoms with Gasteiger partial charge in [-0.3, -0.25) is 0 Å². The first kappa shape index (κ1) is 14.5. The van der Waals surface area contributed by atoms with Crippen LogP contribution in [0.1, 0.15) is 29.2 Å². The van der Waals surface area contributed by atoms with Gasteiger partial charge in [-0.15, -0.1) is 0 Å². The van der Waals surface area contributed by atoms with Crippen LogP contribution < -0.4 is 10.5 Å². The maximum Gasteiger partial charge on any atom is 0.126 e. The van der Waals surface area contributed by atoms with Crippen molar-refractivity contribution in [3.05, 3.63) is 65.0 Å². The molecule has 2 aromatic carbocycles. The summed E-state index contributed by atoms with van der Waals surface area (Å²) in [4.78, 5) is 0. The predicted octanol–water partition coefficient (Wildman–Crippen LogP) is 3.91.